The number of hydrogen-bond donors (Lipinski definition) is 0. The van der Waals surface area contributed by atoms with Crippen molar-refractivity contribution in [3.05, 3.63) is 35.9 Å². The van der Waals surface area contributed by atoms with Gasteiger partial charge in [0.05, 0.1) is 6.61 Å². The van der Waals surface area contributed by atoms with Crippen LogP contribution in [0.2, 0.25) is 0 Å². The molecule has 16 heavy (non-hydrogen) atoms. The van der Waals surface area contributed by atoms with E-state index in [1.165, 1.54) is 24.9 Å². The number of ether oxygens (including phenoxy) is 1. The average Bonchev–Trinajstić information content (AvgIpc) is 2.78. The van der Waals surface area contributed by atoms with Crippen LogP contribution in [0.5, 0.6) is 0 Å². The molecule has 2 heteroatoms. The van der Waals surface area contributed by atoms with Crippen molar-refractivity contribution in [3.8, 4) is 0 Å². The van der Waals surface area contributed by atoms with E-state index in [1.54, 1.807) is 7.11 Å². The topological polar surface area (TPSA) is 12.5 Å². The van der Waals surface area contributed by atoms with Gasteiger partial charge in [-0.3, -0.25) is 4.90 Å². The summed E-state index contributed by atoms with van der Waals surface area (Å²) in [5.74, 6) is 0. The van der Waals surface area contributed by atoms with Crippen LogP contribution in [0.1, 0.15) is 31.4 Å². The highest BCUT2D eigenvalue weighted by Gasteiger charge is 2.28. The average molecular weight is 219 g/mol. The fourth-order valence-corrected chi connectivity index (χ4v) is 2.66. The molecule has 1 fully saturated rings. The van der Waals surface area contributed by atoms with Crippen LogP contribution in [-0.4, -0.2) is 31.2 Å². The molecule has 0 N–H and O–H groups in total. The summed E-state index contributed by atoms with van der Waals surface area (Å²) in [6.07, 6.45) is 2.57. The third-order valence-corrected chi connectivity index (χ3v) is 3.56. The van der Waals surface area contributed by atoms with Crippen molar-refractivity contribution in [2.75, 3.05) is 20.3 Å². The Kier molecular flexibility index (Phi) is 3.97. The molecule has 2 atom stereocenters. The van der Waals surface area contributed by atoms with Crippen molar-refractivity contribution in [2.24, 2.45) is 0 Å². The Morgan fingerprint density at radius 3 is 2.81 bits per heavy atom. The minimum atomic E-state index is 0.504. The zero-order valence-electron chi connectivity index (χ0n) is 10.2. The van der Waals surface area contributed by atoms with Crippen LogP contribution in [0, 0.1) is 0 Å². The van der Waals surface area contributed by atoms with E-state index in [-0.39, 0.29) is 0 Å². The summed E-state index contributed by atoms with van der Waals surface area (Å²) in [7, 11) is 1.80. The first-order chi connectivity index (χ1) is 7.83. The summed E-state index contributed by atoms with van der Waals surface area (Å²) in [4.78, 5) is 2.57. The minimum Gasteiger partial charge on any atom is -0.383 e. The first kappa shape index (κ1) is 11.6. The van der Waals surface area contributed by atoms with Crippen LogP contribution < -0.4 is 0 Å². The fraction of sp³-hybridized carbons (Fsp3) is 0.571. The summed E-state index contributed by atoms with van der Waals surface area (Å²) < 4.78 is 5.30. The van der Waals surface area contributed by atoms with Gasteiger partial charge in [-0.2, -0.15) is 0 Å². The zero-order valence-corrected chi connectivity index (χ0v) is 10.2. The highest BCUT2D eigenvalue weighted by Crippen LogP contribution is 2.28. The second-order valence-electron chi connectivity index (χ2n) is 4.58. The lowest BCUT2D eigenvalue weighted by molar-refractivity contribution is 0.0936. The molecule has 0 bridgehead atoms. The van der Waals surface area contributed by atoms with Gasteiger partial charge in [0.15, 0.2) is 0 Å². The van der Waals surface area contributed by atoms with E-state index in [9.17, 15) is 0 Å². The quantitative estimate of drug-likeness (QED) is 0.772. The van der Waals surface area contributed by atoms with Crippen molar-refractivity contribution >= 4 is 0 Å². The standard InChI is InChI=1S/C14H21NO/c1-12(13-7-4-3-5-8-13)15-10-6-9-14(15)11-16-2/h3-5,7-8,12,14H,6,9-11H2,1-2H3/t12-,14-/m0/s1. The van der Waals surface area contributed by atoms with E-state index in [0.29, 0.717) is 12.1 Å². The third kappa shape index (κ3) is 2.45. The third-order valence-electron chi connectivity index (χ3n) is 3.56. The van der Waals surface area contributed by atoms with Gasteiger partial charge in [0.25, 0.3) is 0 Å². The molecule has 0 aromatic heterocycles. The Bertz CT molecular complexity index is 312. The summed E-state index contributed by atoms with van der Waals surface area (Å²) in [6.45, 7) is 4.35. The van der Waals surface area contributed by atoms with Crippen molar-refractivity contribution in [1.29, 1.82) is 0 Å². The van der Waals surface area contributed by atoms with E-state index < -0.39 is 0 Å². The maximum absolute atomic E-state index is 5.30. The van der Waals surface area contributed by atoms with Crippen molar-refractivity contribution < 1.29 is 4.74 Å². The molecule has 1 aromatic rings. The summed E-state index contributed by atoms with van der Waals surface area (Å²) in [6, 6.07) is 11.8. The molecular weight excluding hydrogens is 198 g/mol. The van der Waals surface area contributed by atoms with Gasteiger partial charge >= 0.3 is 0 Å². The Hall–Kier alpha value is -0.860. The molecule has 1 aliphatic rings. The van der Waals surface area contributed by atoms with Crippen LogP contribution in [0.4, 0.5) is 0 Å². The molecule has 1 aromatic carbocycles. The van der Waals surface area contributed by atoms with Gasteiger partial charge in [-0.1, -0.05) is 30.3 Å². The highest BCUT2D eigenvalue weighted by atomic mass is 16.5. The summed E-state index contributed by atoms with van der Waals surface area (Å²) >= 11 is 0. The SMILES string of the molecule is COC[C@@H]1CCCN1[C@@H](C)c1ccccc1. The predicted octanol–water partition coefficient (Wildman–Crippen LogP) is 2.86. The number of benzene rings is 1. The molecule has 1 saturated heterocycles. The van der Waals surface area contributed by atoms with Crippen LogP contribution in [-0.2, 0) is 4.74 Å². The van der Waals surface area contributed by atoms with Crippen LogP contribution >= 0.6 is 0 Å². The van der Waals surface area contributed by atoms with Crippen molar-refractivity contribution in [1.82, 2.24) is 4.90 Å². The molecule has 0 aliphatic carbocycles. The lowest BCUT2D eigenvalue weighted by Gasteiger charge is -2.30. The van der Waals surface area contributed by atoms with Gasteiger partial charge in [-0.05, 0) is 31.9 Å². The second-order valence-corrected chi connectivity index (χ2v) is 4.58. The molecule has 2 rings (SSSR count). The molecule has 88 valence electrons. The van der Waals surface area contributed by atoms with Gasteiger partial charge in [0.1, 0.15) is 0 Å². The number of rotatable bonds is 4. The van der Waals surface area contributed by atoms with E-state index >= 15 is 0 Å². The van der Waals surface area contributed by atoms with Crippen LogP contribution in [0.25, 0.3) is 0 Å². The molecular formula is C14H21NO. The molecule has 0 spiro atoms. The minimum absolute atomic E-state index is 0.504. The molecule has 2 nitrogen and oxygen atoms in total. The Morgan fingerprint density at radius 2 is 2.12 bits per heavy atom. The molecule has 0 unspecified atom stereocenters. The van der Waals surface area contributed by atoms with Gasteiger partial charge in [-0.15, -0.1) is 0 Å². The first-order valence-corrected chi connectivity index (χ1v) is 6.12. The van der Waals surface area contributed by atoms with E-state index in [2.05, 4.69) is 42.2 Å². The highest BCUT2D eigenvalue weighted by molar-refractivity contribution is 5.18. The molecule has 0 saturated carbocycles. The molecule has 0 radical (unpaired) electrons. The largest absolute Gasteiger partial charge is 0.383 e. The van der Waals surface area contributed by atoms with Gasteiger partial charge in [-0.25, -0.2) is 0 Å². The second kappa shape index (κ2) is 5.46. The first-order valence-electron chi connectivity index (χ1n) is 6.12. The predicted molar refractivity (Wildman–Crippen MR) is 66.5 cm³/mol. The lowest BCUT2D eigenvalue weighted by atomic mass is 10.1. The van der Waals surface area contributed by atoms with E-state index in [0.717, 1.165) is 6.61 Å². The number of nitrogens with zero attached hydrogens (tertiary/aromatic N) is 1. The number of methoxy groups -OCH3 is 1. The van der Waals surface area contributed by atoms with Gasteiger partial charge in [0, 0.05) is 19.2 Å². The maximum Gasteiger partial charge on any atom is 0.0618 e. The van der Waals surface area contributed by atoms with Crippen molar-refractivity contribution in [2.45, 2.75) is 31.8 Å². The number of hydrogen-bond acceptors (Lipinski definition) is 2. The van der Waals surface area contributed by atoms with E-state index in [4.69, 9.17) is 4.74 Å². The smallest absolute Gasteiger partial charge is 0.0618 e. The van der Waals surface area contributed by atoms with Gasteiger partial charge in [0.2, 0.25) is 0 Å². The van der Waals surface area contributed by atoms with E-state index in [1.807, 2.05) is 0 Å². The summed E-state index contributed by atoms with van der Waals surface area (Å²) in [5, 5.41) is 0. The Balaban J connectivity index is 2.06. The lowest BCUT2D eigenvalue weighted by Crippen LogP contribution is -2.35. The number of likely N-dealkylation sites (tertiary alicyclic amines) is 1. The van der Waals surface area contributed by atoms with Gasteiger partial charge < -0.3 is 4.74 Å². The van der Waals surface area contributed by atoms with Crippen LogP contribution in [0.15, 0.2) is 30.3 Å². The normalized spacial score (nSPS) is 23.5. The van der Waals surface area contributed by atoms with Crippen LogP contribution in [0.3, 0.4) is 0 Å². The molecule has 1 aliphatic heterocycles. The van der Waals surface area contributed by atoms with Crippen molar-refractivity contribution in [3.63, 3.8) is 0 Å². The Morgan fingerprint density at radius 1 is 1.38 bits per heavy atom. The fourth-order valence-electron chi connectivity index (χ4n) is 2.66. The molecule has 0 amide bonds. The monoisotopic (exact) mass is 219 g/mol. The maximum atomic E-state index is 5.30. The molecule has 1 heterocycles. The Labute approximate surface area is 98.2 Å². The zero-order chi connectivity index (χ0) is 11.4. The summed E-state index contributed by atoms with van der Waals surface area (Å²) in [5.41, 5.74) is 1.41.